The number of amides is 2. The molecule has 1 aliphatic rings. The van der Waals surface area contributed by atoms with E-state index in [1.807, 2.05) is 83.9 Å². The molecule has 0 radical (unpaired) electrons. The predicted octanol–water partition coefficient (Wildman–Crippen LogP) is 5.31. The van der Waals surface area contributed by atoms with Crippen LogP contribution in [-0.4, -0.2) is 40.8 Å². The van der Waals surface area contributed by atoms with E-state index in [4.69, 9.17) is 4.98 Å². The topological polar surface area (TPSA) is 62.3 Å². The highest BCUT2D eigenvalue weighted by Gasteiger charge is 2.26. The minimum atomic E-state index is -0.0430. The van der Waals surface area contributed by atoms with Crippen LogP contribution in [0.2, 0.25) is 0 Å². The summed E-state index contributed by atoms with van der Waals surface area (Å²) in [6, 6.07) is 21.4. The molecule has 0 aliphatic carbocycles. The van der Waals surface area contributed by atoms with Crippen molar-refractivity contribution in [1.29, 1.82) is 0 Å². The van der Waals surface area contributed by atoms with Gasteiger partial charge in [-0.3, -0.25) is 9.59 Å². The van der Waals surface area contributed by atoms with Crippen LogP contribution in [0.15, 0.2) is 72.1 Å². The first-order chi connectivity index (χ1) is 16.1. The van der Waals surface area contributed by atoms with Gasteiger partial charge in [0.25, 0.3) is 11.8 Å². The Balaban J connectivity index is 1.32. The number of nitrogens with zero attached hydrogens (tertiary/aromatic N) is 2. The number of carbonyl (C=O) groups is 2. The van der Waals surface area contributed by atoms with Crippen molar-refractivity contribution in [3.8, 4) is 10.6 Å². The van der Waals surface area contributed by atoms with E-state index in [9.17, 15) is 9.59 Å². The molecule has 1 saturated heterocycles. The Kier molecular flexibility index (Phi) is 5.92. The summed E-state index contributed by atoms with van der Waals surface area (Å²) in [6.45, 7) is 3.17. The summed E-state index contributed by atoms with van der Waals surface area (Å²) >= 11 is 1.62. The van der Waals surface area contributed by atoms with Crippen molar-refractivity contribution in [2.45, 2.75) is 25.8 Å². The molecule has 5 nitrogen and oxygen atoms in total. The van der Waals surface area contributed by atoms with Crippen molar-refractivity contribution in [3.63, 3.8) is 0 Å². The standard InChI is InChI=1S/C27H25N3O2S/c1-18-7-2-3-8-20(18)26(31)28-19-12-14-30(15-13-19)27(32)22-17-24(25-11-6-16-33-25)29-23-10-5-4-9-21(22)23/h2-11,16-17,19H,12-15H2,1H3,(H,28,31). The van der Waals surface area contributed by atoms with Crippen molar-refractivity contribution in [1.82, 2.24) is 15.2 Å². The average Bonchev–Trinajstić information content (AvgIpc) is 3.39. The molecular weight excluding hydrogens is 430 g/mol. The van der Waals surface area contributed by atoms with E-state index in [1.165, 1.54) is 0 Å². The first-order valence-corrected chi connectivity index (χ1v) is 12.1. The normalized spacial score (nSPS) is 14.4. The molecule has 3 heterocycles. The number of aromatic nitrogens is 1. The lowest BCUT2D eigenvalue weighted by atomic mass is 10.0. The Morgan fingerprint density at radius 3 is 2.48 bits per heavy atom. The van der Waals surface area contributed by atoms with Crippen LogP contribution in [0.4, 0.5) is 0 Å². The Bertz CT molecular complexity index is 1310. The number of hydrogen-bond acceptors (Lipinski definition) is 4. The predicted molar refractivity (Wildman–Crippen MR) is 133 cm³/mol. The summed E-state index contributed by atoms with van der Waals surface area (Å²) in [5.41, 5.74) is 4.01. The maximum absolute atomic E-state index is 13.5. The van der Waals surface area contributed by atoms with E-state index in [0.717, 1.165) is 39.9 Å². The molecule has 166 valence electrons. The fraction of sp³-hybridized carbons (Fsp3) is 0.222. The van der Waals surface area contributed by atoms with Crippen molar-refractivity contribution >= 4 is 34.1 Å². The zero-order chi connectivity index (χ0) is 22.8. The number of benzene rings is 2. The fourth-order valence-corrected chi connectivity index (χ4v) is 5.08. The van der Waals surface area contributed by atoms with Gasteiger partial charge in [-0.05, 0) is 55.0 Å². The number of rotatable bonds is 4. The van der Waals surface area contributed by atoms with E-state index in [-0.39, 0.29) is 17.9 Å². The van der Waals surface area contributed by atoms with Gasteiger partial charge in [0.15, 0.2) is 0 Å². The van der Waals surface area contributed by atoms with Gasteiger partial charge in [-0.2, -0.15) is 0 Å². The molecule has 33 heavy (non-hydrogen) atoms. The van der Waals surface area contributed by atoms with Crippen LogP contribution in [0, 0.1) is 6.92 Å². The maximum atomic E-state index is 13.5. The van der Waals surface area contributed by atoms with E-state index in [2.05, 4.69) is 5.32 Å². The van der Waals surface area contributed by atoms with Crippen LogP contribution in [0.25, 0.3) is 21.5 Å². The molecule has 0 unspecified atom stereocenters. The second kappa shape index (κ2) is 9.16. The molecule has 0 spiro atoms. The minimum Gasteiger partial charge on any atom is -0.349 e. The smallest absolute Gasteiger partial charge is 0.254 e. The Labute approximate surface area is 197 Å². The quantitative estimate of drug-likeness (QED) is 0.454. The highest BCUT2D eigenvalue weighted by Crippen LogP contribution is 2.29. The number of likely N-dealkylation sites (tertiary alicyclic amines) is 1. The molecule has 2 amide bonds. The number of carbonyl (C=O) groups excluding carboxylic acids is 2. The first kappa shape index (κ1) is 21.3. The minimum absolute atomic E-state index is 0.0232. The number of hydrogen-bond donors (Lipinski definition) is 1. The molecular formula is C27H25N3O2S. The lowest BCUT2D eigenvalue weighted by Crippen LogP contribution is -2.46. The SMILES string of the molecule is Cc1ccccc1C(=O)NC1CCN(C(=O)c2cc(-c3cccs3)nc3ccccc23)CC1. The fourth-order valence-electron chi connectivity index (χ4n) is 4.39. The number of thiophene rings is 1. The van der Waals surface area contributed by atoms with Gasteiger partial charge in [-0.15, -0.1) is 11.3 Å². The Hall–Kier alpha value is -3.51. The monoisotopic (exact) mass is 455 g/mol. The molecule has 1 aliphatic heterocycles. The number of aryl methyl sites for hydroxylation is 1. The van der Waals surface area contributed by atoms with E-state index < -0.39 is 0 Å². The number of fused-ring (bicyclic) bond motifs is 1. The third-order valence-corrected chi connectivity index (χ3v) is 7.12. The van der Waals surface area contributed by atoms with E-state index >= 15 is 0 Å². The lowest BCUT2D eigenvalue weighted by molar-refractivity contribution is 0.0700. The second-order valence-electron chi connectivity index (χ2n) is 8.40. The van der Waals surface area contributed by atoms with Gasteiger partial charge >= 0.3 is 0 Å². The third kappa shape index (κ3) is 4.39. The van der Waals surface area contributed by atoms with Crippen LogP contribution in [0.1, 0.15) is 39.1 Å². The third-order valence-electron chi connectivity index (χ3n) is 6.23. The van der Waals surface area contributed by atoms with Crippen LogP contribution < -0.4 is 5.32 Å². The molecule has 0 atom stereocenters. The number of pyridine rings is 1. The number of para-hydroxylation sites is 1. The highest BCUT2D eigenvalue weighted by atomic mass is 32.1. The van der Waals surface area contributed by atoms with Gasteiger partial charge in [0.1, 0.15) is 0 Å². The Morgan fingerprint density at radius 1 is 0.970 bits per heavy atom. The molecule has 6 heteroatoms. The molecule has 1 N–H and O–H groups in total. The van der Waals surface area contributed by atoms with Crippen molar-refractivity contribution in [3.05, 3.63) is 88.8 Å². The van der Waals surface area contributed by atoms with Crippen LogP contribution in [0.5, 0.6) is 0 Å². The van der Waals surface area contributed by atoms with Gasteiger partial charge < -0.3 is 10.2 Å². The molecule has 4 aromatic rings. The highest BCUT2D eigenvalue weighted by molar-refractivity contribution is 7.13. The molecule has 1 fully saturated rings. The summed E-state index contributed by atoms with van der Waals surface area (Å²) in [4.78, 5) is 33.9. The van der Waals surface area contributed by atoms with E-state index in [1.54, 1.807) is 11.3 Å². The molecule has 0 bridgehead atoms. The number of nitrogens with one attached hydrogen (secondary N) is 1. The zero-order valence-corrected chi connectivity index (χ0v) is 19.3. The zero-order valence-electron chi connectivity index (χ0n) is 18.5. The van der Waals surface area contributed by atoms with Gasteiger partial charge in [-0.1, -0.05) is 42.5 Å². The van der Waals surface area contributed by atoms with E-state index in [0.29, 0.717) is 24.2 Å². The molecule has 5 rings (SSSR count). The van der Waals surface area contributed by atoms with Gasteiger partial charge in [0.2, 0.25) is 0 Å². The second-order valence-corrected chi connectivity index (χ2v) is 9.35. The largest absolute Gasteiger partial charge is 0.349 e. The van der Waals surface area contributed by atoms with Crippen molar-refractivity contribution in [2.24, 2.45) is 0 Å². The van der Waals surface area contributed by atoms with Crippen LogP contribution in [0.3, 0.4) is 0 Å². The van der Waals surface area contributed by atoms with Gasteiger partial charge in [-0.25, -0.2) is 4.98 Å². The van der Waals surface area contributed by atoms with Crippen LogP contribution in [-0.2, 0) is 0 Å². The summed E-state index contributed by atoms with van der Waals surface area (Å²) in [7, 11) is 0. The summed E-state index contributed by atoms with van der Waals surface area (Å²) in [5, 5.41) is 6.04. The van der Waals surface area contributed by atoms with Crippen molar-refractivity contribution < 1.29 is 9.59 Å². The molecule has 2 aromatic heterocycles. The van der Waals surface area contributed by atoms with Crippen molar-refractivity contribution in [2.75, 3.05) is 13.1 Å². The summed E-state index contributed by atoms with van der Waals surface area (Å²) in [5.74, 6) is -0.0197. The number of piperidine rings is 1. The van der Waals surface area contributed by atoms with Gasteiger partial charge in [0.05, 0.1) is 21.7 Å². The summed E-state index contributed by atoms with van der Waals surface area (Å²) in [6.07, 6.45) is 1.48. The van der Waals surface area contributed by atoms with Gasteiger partial charge in [0, 0.05) is 30.1 Å². The van der Waals surface area contributed by atoms with Crippen LogP contribution >= 0.6 is 11.3 Å². The summed E-state index contributed by atoms with van der Waals surface area (Å²) < 4.78 is 0. The first-order valence-electron chi connectivity index (χ1n) is 11.2. The Morgan fingerprint density at radius 2 is 1.73 bits per heavy atom. The average molecular weight is 456 g/mol. The maximum Gasteiger partial charge on any atom is 0.254 e. The lowest BCUT2D eigenvalue weighted by Gasteiger charge is -2.33. The molecule has 0 saturated carbocycles. The molecule has 2 aromatic carbocycles.